The summed E-state index contributed by atoms with van der Waals surface area (Å²) >= 11 is 1.40. The number of aryl methyl sites for hydroxylation is 1. The molecule has 1 fully saturated rings. The maximum absolute atomic E-state index is 13.4. The lowest BCUT2D eigenvalue weighted by molar-refractivity contribution is -0.116. The average molecular weight is 347 g/mol. The number of thiazole rings is 1. The molecule has 1 aromatic heterocycles. The lowest BCUT2D eigenvalue weighted by Gasteiger charge is -2.21. The van der Waals surface area contributed by atoms with Crippen LogP contribution in [0.2, 0.25) is 0 Å². The number of anilines is 1. The molecule has 0 spiro atoms. The van der Waals surface area contributed by atoms with Crippen molar-refractivity contribution in [2.24, 2.45) is 5.92 Å². The van der Waals surface area contributed by atoms with Gasteiger partial charge in [0, 0.05) is 17.4 Å². The van der Waals surface area contributed by atoms with Gasteiger partial charge in [-0.25, -0.2) is 9.37 Å². The first-order valence-electron chi connectivity index (χ1n) is 8.34. The number of halogens is 1. The van der Waals surface area contributed by atoms with Crippen LogP contribution >= 0.6 is 11.3 Å². The first-order chi connectivity index (χ1) is 11.6. The van der Waals surface area contributed by atoms with Crippen LogP contribution in [-0.2, 0) is 4.79 Å². The second-order valence-corrected chi connectivity index (χ2v) is 7.14. The molecule has 0 unspecified atom stereocenters. The molecule has 0 radical (unpaired) electrons. The van der Waals surface area contributed by atoms with E-state index in [1.165, 1.54) is 17.4 Å². The van der Waals surface area contributed by atoms with Crippen molar-refractivity contribution in [3.8, 4) is 11.3 Å². The number of benzene rings is 1. The third kappa shape index (κ3) is 4.39. The highest BCUT2D eigenvalue weighted by molar-refractivity contribution is 7.14. The van der Waals surface area contributed by atoms with E-state index < -0.39 is 0 Å². The van der Waals surface area contributed by atoms with Crippen molar-refractivity contribution in [2.75, 3.05) is 18.4 Å². The summed E-state index contributed by atoms with van der Waals surface area (Å²) < 4.78 is 13.4. The lowest BCUT2D eigenvalue weighted by atomic mass is 9.93. The summed E-state index contributed by atoms with van der Waals surface area (Å²) in [6.07, 6.45) is 3.77. The Bertz CT molecular complexity index is 710. The molecule has 0 bridgehead atoms. The van der Waals surface area contributed by atoms with Gasteiger partial charge in [0.2, 0.25) is 5.91 Å². The molecule has 6 heteroatoms. The van der Waals surface area contributed by atoms with Gasteiger partial charge in [0.15, 0.2) is 5.13 Å². The van der Waals surface area contributed by atoms with Crippen molar-refractivity contribution in [2.45, 2.75) is 32.6 Å². The number of carbonyl (C=O) groups excluding carboxylic acids is 1. The van der Waals surface area contributed by atoms with E-state index in [-0.39, 0.29) is 11.7 Å². The van der Waals surface area contributed by atoms with E-state index in [1.54, 1.807) is 19.1 Å². The smallest absolute Gasteiger partial charge is 0.226 e. The summed E-state index contributed by atoms with van der Waals surface area (Å²) in [6, 6.07) is 4.93. The van der Waals surface area contributed by atoms with Crippen LogP contribution in [0.4, 0.5) is 9.52 Å². The second-order valence-electron chi connectivity index (χ2n) is 6.28. The highest BCUT2D eigenvalue weighted by atomic mass is 32.1. The molecule has 2 heterocycles. The molecule has 4 nitrogen and oxygen atoms in total. The van der Waals surface area contributed by atoms with E-state index >= 15 is 0 Å². The standard InChI is InChI=1S/C18H22FN3OS/c1-12-10-14(3-4-15(12)19)16-11-24-18(21-16)22-17(23)5-2-13-6-8-20-9-7-13/h3-4,10-11,13,20H,2,5-9H2,1H3,(H,21,22,23). The maximum atomic E-state index is 13.4. The molecule has 2 aromatic rings. The summed E-state index contributed by atoms with van der Waals surface area (Å²) in [5, 5.41) is 8.70. The third-order valence-corrected chi connectivity index (χ3v) is 5.20. The molecule has 2 N–H and O–H groups in total. The van der Waals surface area contributed by atoms with Crippen LogP contribution in [0.5, 0.6) is 0 Å². The van der Waals surface area contributed by atoms with Gasteiger partial charge in [0.25, 0.3) is 0 Å². The molecule has 0 atom stereocenters. The minimum atomic E-state index is -0.222. The summed E-state index contributed by atoms with van der Waals surface area (Å²) in [5.41, 5.74) is 2.21. The van der Waals surface area contributed by atoms with Crippen molar-refractivity contribution in [1.29, 1.82) is 0 Å². The van der Waals surface area contributed by atoms with Gasteiger partial charge in [-0.05, 0) is 69.0 Å². The Labute approximate surface area is 145 Å². The molecule has 1 aromatic carbocycles. The van der Waals surface area contributed by atoms with Gasteiger partial charge in [0.05, 0.1) is 5.69 Å². The quantitative estimate of drug-likeness (QED) is 0.860. The number of hydrogen-bond acceptors (Lipinski definition) is 4. The first-order valence-corrected chi connectivity index (χ1v) is 9.22. The summed E-state index contributed by atoms with van der Waals surface area (Å²) in [7, 11) is 0. The van der Waals surface area contributed by atoms with Crippen LogP contribution in [0, 0.1) is 18.7 Å². The molecule has 0 aliphatic carbocycles. The number of nitrogens with zero attached hydrogens (tertiary/aromatic N) is 1. The van der Waals surface area contributed by atoms with Crippen LogP contribution in [0.3, 0.4) is 0 Å². The Balaban J connectivity index is 1.55. The topological polar surface area (TPSA) is 54.0 Å². The van der Waals surface area contributed by atoms with Crippen molar-refractivity contribution < 1.29 is 9.18 Å². The molecule has 1 aliphatic heterocycles. The molecule has 0 saturated carbocycles. The number of rotatable bonds is 5. The van der Waals surface area contributed by atoms with Gasteiger partial charge in [0.1, 0.15) is 5.82 Å². The van der Waals surface area contributed by atoms with Crippen LogP contribution in [0.15, 0.2) is 23.6 Å². The van der Waals surface area contributed by atoms with Crippen LogP contribution in [0.25, 0.3) is 11.3 Å². The van der Waals surface area contributed by atoms with Crippen molar-refractivity contribution in [1.82, 2.24) is 10.3 Å². The number of piperidine rings is 1. The highest BCUT2D eigenvalue weighted by Gasteiger charge is 2.15. The summed E-state index contributed by atoms with van der Waals surface area (Å²) in [4.78, 5) is 16.5. The van der Waals surface area contributed by atoms with E-state index in [0.29, 0.717) is 23.0 Å². The monoisotopic (exact) mass is 347 g/mol. The van der Waals surface area contributed by atoms with Crippen LogP contribution in [0.1, 0.15) is 31.2 Å². The van der Waals surface area contributed by atoms with Gasteiger partial charge in [-0.3, -0.25) is 4.79 Å². The van der Waals surface area contributed by atoms with Gasteiger partial charge in [-0.2, -0.15) is 0 Å². The minimum Gasteiger partial charge on any atom is -0.317 e. The Kier molecular flexibility index (Phi) is 5.58. The predicted octanol–water partition coefficient (Wildman–Crippen LogP) is 3.98. The summed E-state index contributed by atoms with van der Waals surface area (Å²) in [6.45, 7) is 3.84. The van der Waals surface area contributed by atoms with E-state index in [4.69, 9.17) is 0 Å². The Hall–Kier alpha value is -1.79. The Morgan fingerprint density at radius 2 is 2.21 bits per heavy atom. The number of hydrogen-bond donors (Lipinski definition) is 2. The second kappa shape index (κ2) is 7.85. The SMILES string of the molecule is Cc1cc(-c2csc(NC(=O)CCC3CCNCC3)n2)ccc1F. The largest absolute Gasteiger partial charge is 0.317 e. The lowest BCUT2D eigenvalue weighted by Crippen LogP contribution is -2.28. The van der Waals surface area contributed by atoms with Crippen LogP contribution < -0.4 is 10.6 Å². The third-order valence-electron chi connectivity index (χ3n) is 4.44. The van der Waals surface area contributed by atoms with Crippen molar-refractivity contribution >= 4 is 22.4 Å². The van der Waals surface area contributed by atoms with E-state index in [1.807, 2.05) is 5.38 Å². The zero-order valence-electron chi connectivity index (χ0n) is 13.8. The maximum Gasteiger partial charge on any atom is 0.226 e. The van der Waals surface area contributed by atoms with Gasteiger partial charge in [-0.1, -0.05) is 0 Å². The number of carbonyl (C=O) groups is 1. The number of nitrogens with one attached hydrogen (secondary N) is 2. The first kappa shape index (κ1) is 17.0. The zero-order chi connectivity index (χ0) is 16.9. The predicted molar refractivity (Wildman–Crippen MR) is 95.7 cm³/mol. The van der Waals surface area contributed by atoms with Crippen molar-refractivity contribution in [3.05, 3.63) is 35.0 Å². The fourth-order valence-electron chi connectivity index (χ4n) is 2.96. The fraction of sp³-hybridized carbons (Fsp3) is 0.444. The molecule has 1 aliphatic rings. The Morgan fingerprint density at radius 3 is 2.96 bits per heavy atom. The molecule has 24 heavy (non-hydrogen) atoms. The minimum absolute atomic E-state index is 0.0183. The number of aromatic nitrogens is 1. The van der Waals surface area contributed by atoms with E-state index in [0.717, 1.165) is 43.6 Å². The van der Waals surface area contributed by atoms with E-state index in [2.05, 4.69) is 15.6 Å². The van der Waals surface area contributed by atoms with Gasteiger partial charge < -0.3 is 10.6 Å². The molecular weight excluding hydrogens is 325 g/mol. The number of amides is 1. The highest BCUT2D eigenvalue weighted by Crippen LogP contribution is 2.26. The fourth-order valence-corrected chi connectivity index (χ4v) is 3.69. The molecule has 128 valence electrons. The average Bonchev–Trinajstić information content (AvgIpc) is 3.05. The van der Waals surface area contributed by atoms with Gasteiger partial charge >= 0.3 is 0 Å². The molecule has 3 rings (SSSR count). The molecular formula is C18H22FN3OS. The summed E-state index contributed by atoms with van der Waals surface area (Å²) in [5.74, 6) is 0.441. The molecule has 1 amide bonds. The van der Waals surface area contributed by atoms with Crippen molar-refractivity contribution in [3.63, 3.8) is 0 Å². The normalized spacial score (nSPS) is 15.4. The Morgan fingerprint density at radius 1 is 1.42 bits per heavy atom. The van der Waals surface area contributed by atoms with Gasteiger partial charge in [-0.15, -0.1) is 11.3 Å². The van der Waals surface area contributed by atoms with E-state index in [9.17, 15) is 9.18 Å². The van der Waals surface area contributed by atoms with Crippen LogP contribution in [-0.4, -0.2) is 24.0 Å². The molecule has 1 saturated heterocycles. The zero-order valence-corrected chi connectivity index (χ0v) is 14.6.